The minimum absolute atomic E-state index is 0.222. The molecular weight excluding hydrogens is 190 g/mol. The third-order valence-electron chi connectivity index (χ3n) is 2.44. The smallest absolute Gasteiger partial charge is 0.0922 e. The van der Waals surface area contributed by atoms with Gasteiger partial charge in [0.15, 0.2) is 0 Å². The van der Waals surface area contributed by atoms with Crippen LogP contribution in [0.5, 0.6) is 0 Å². The molecule has 0 fully saturated rings. The van der Waals surface area contributed by atoms with Crippen LogP contribution in [0.1, 0.15) is 31.9 Å². The number of aromatic amines is 1. The first-order valence-electron chi connectivity index (χ1n) is 5.67. The van der Waals surface area contributed by atoms with Gasteiger partial charge in [-0.3, -0.25) is 4.90 Å². The van der Waals surface area contributed by atoms with Crippen molar-refractivity contribution in [2.75, 3.05) is 19.7 Å². The standard InChI is InChI=1S/C11H21N3O/c1-2-3-4-5-14(6-7-15)9-11-8-12-10-13-11/h8,10,15H,2-7,9H2,1H3,(H,12,13). The first-order chi connectivity index (χ1) is 7.36. The van der Waals surface area contributed by atoms with Crippen molar-refractivity contribution in [1.29, 1.82) is 0 Å². The van der Waals surface area contributed by atoms with E-state index in [-0.39, 0.29) is 6.61 Å². The van der Waals surface area contributed by atoms with E-state index in [9.17, 15) is 0 Å². The Labute approximate surface area is 91.3 Å². The lowest BCUT2D eigenvalue weighted by Gasteiger charge is -2.20. The van der Waals surface area contributed by atoms with Gasteiger partial charge in [0.2, 0.25) is 0 Å². The predicted octanol–water partition coefficient (Wildman–Crippen LogP) is 1.39. The zero-order valence-corrected chi connectivity index (χ0v) is 9.45. The highest BCUT2D eigenvalue weighted by Gasteiger charge is 2.05. The molecule has 1 rings (SSSR count). The summed E-state index contributed by atoms with van der Waals surface area (Å²) < 4.78 is 0. The van der Waals surface area contributed by atoms with Crippen LogP contribution in [0.2, 0.25) is 0 Å². The summed E-state index contributed by atoms with van der Waals surface area (Å²) in [7, 11) is 0. The quantitative estimate of drug-likeness (QED) is 0.639. The molecule has 1 aromatic rings. The van der Waals surface area contributed by atoms with Crippen LogP contribution in [-0.2, 0) is 6.54 Å². The summed E-state index contributed by atoms with van der Waals surface area (Å²) in [6, 6.07) is 0. The van der Waals surface area contributed by atoms with E-state index in [1.54, 1.807) is 6.33 Å². The SMILES string of the molecule is CCCCCN(CCO)Cc1cnc[nH]1. The van der Waals surface area contributed by atoms with Crippen molar-refractivity contribution in [3.63, 3.8) is 0 Å². The monoisotopic (exact) mass is 211 g/mol. The van der Waals surface area contributed by atoms with Gasteiger partial charge >= 0.3 is 0 Å². The van der Waals surface area contributed by atoms with Crippen LogP contribution < -0.4 is 0 Å². The van der Waals surface area contributed by atoms with Crippen LogP contribution in [0, 0.1) is 0 Å². The van der Waals surface area contributed by atoms with E-state index in [2.05, 4.69) is 21.8 Å². The maximum Gasteiger partial charge on any atom is 0.0922 e. The van der Waals surface area contributed by atoms with Crippen molar-refractivity contribution < 1.29 is 5.11 Å². The summed E-state index contributed by atoms with van der Waals surface area (Å²) in [4.78, 5) is 9.32. The maximum atomic E-state index is 8.95. The van der Waals surface area contributed by atoms with Gasteiger partial charge in [-0.2, -0.15) is 0 Å². The lowest BCUT2D eigenvalue weighted by Crippen LogP contribution is -2.27. The molecule has 0 bridgehead atoms. The van der Waals surface area contributed by atoms with Gasteiger partial charge in [-0.05, 0) is 13.0 Å². The number of imidazole rings is 1. The highest BCUT2D eigenvalue weighted by atomic mass is 16.3. The van der Waals surface area contributed by atoms with Gasteiger partial charge in [-0.1, -0.05) is 19.8 Å². The Morgan fingerprint density at radius 3 is 2.87 bits per heavy atom. The minimum Gasteiger partial charge on any atom is -0.395 e. The number of hydrogen-bond donors (Lipinski definition) is 2. The molecule has 86 valence electrons. The number of nitrogens with one attached hydrogen (secondary N) is 1. The molecule has 0 unspecified atom stereocenters. The highest BCUT2D eigenvalue weighted by Crippen LogP contribution is 2.03. The minimum atomic E-state index is 0.222. The molecule has 2 N–H and O–H groups in total. The van der Waals surface area contributed by atoms with Gasteiger partial charge in [0.25, 0.3) is 0 Å². The van der Waals surface area contributed by atoms with E-state index in [0.717, 1.165) is 25.3 Å². The molecule has 15 heavy (non-hydrogen) atoms. The Morgan fingerprint density at radius 1 is 1.40 bits per heavy atom. The molecule has 0 saturated heterocycles. The molecule has 0 aliphatic carbocycles. The Bertz CT molecular complexity index is 236. The van der Waals surface area contributed by atoms with E-state index < -0.39 is 0 Å². The summed E-state index contributed by atoms with van der Waals surface area (Å²) in [5.74, 6) is 0. The first kappa shape index (κ1) is 12.2. The molecule has 4 heteroatoms. The third-order valence-corrected chi connectivity index (χ3v) is 2.44. The molecule has 0 radical (unpaired) electrons. The van der Waals surface area contributed by atoms with E-state index >= 15 is 0 Å². The molecule has 1 aromatic heterocycles. The summed E-state index contributed by atoms with van der Waals surface area (Å²) in [5, 5.41) is 8.95. The lowest BCUT2D eigenvalue weighted by molar-refractivity contribution is 0.186. The number of aromatic nitrogens is 2. The van der Waals surface area contributed by atoms with Crippen molar-refractivity contribution in [2.45, 2.75) is 32.7 Å². The second-order valence-electron chi connectivity index (χ2n) is 3.78. The predicted molar refractivity (Wildman–Crippen MR) is 60.5 cm³/mol. The highest BCUT2D eigenvalue weighted by molar-refractivity contribution is 4.93. The van der Waals surface area contributed by atoms with Crippen LogP contribution >= 0.6 is 0 Å². The summed E-state index contributed by atoms with van der Waals surface area (Å²) in [6.45, 7) is 5.06. The number of aliphatic hydroxyl groups excluding tert-OH is 1. The third kappa shape index (κ3) is 4.95. The van der Waals surface area contributed by atoms with Gasteiger partial charge in [-0.25, -0.2) is 4.98 Å². The number of rotatable bonds is 8. The van der Waals surface area contributed by atoms with Gasteiger partial charge in [-0.15, -0.1) is 0 Å². The van der Waals surface area contributed by atoms with Crippen molar-refractivity contribution in [3.8, 4) is 0 Å². The van der Waals surface area contributed by atoms with Crippen LogP contribution in [0.15, 0.2) is 12.5 Å². The normalized spacial score (nSPS) is 11.1. The van der Waals surface area contributed by atoms with Crippen LogP contribution in [0.3, 0.4) is 0 Å². The van der Waals surface area contributed by atoms with E-state index in [1.807, 2.05) is 6.20 Å². The van der Waals surface area contributed by atoms with Crippen molar-refractivity contribution in [1.82, 2.24) is 14.9 Å². The average Bonchev–Trinajstić information content (AvgIpc) is 2.71. The number of hydrogen-bond acceptors (Lipinski definition) is 3. The zero-order chi connectivity index (χ0) is 10.9. The van der Waals surface area contributed by atoms with E-state index in [1.165, 1.54) is 19.3 Å². The molecule has 1 heterocycles. The molecule has 0 aliphatic rings. The summed E-state index contributed by atoms with van der Waals surface area (Å²) >= 11 is 0. The van der Waals surface area contributed by atoms with Gasteiger partial charge in [0.1, 0.15) is 0 Å². The summed E-state index contributed by atoms with van der Waals surface area (Å²) in [6.07, 6.45) is 7.22. The fraction of sp³-hybridized carbons (Fsp3) is 0.727. The van der Waals surface area contributed by atoms with Crippen molar-refractivity contribution >= 4 is 0 Å². The number of H-pyrrole nitrogens is 1. The Hall–Kier alpha value is -0.870. The number of unbranched alkanes of at least 4 members (excludes halogenated alkanes) is 2. The van der Waals surface area contributed by atoms with Gasteiger partial charge < -0.3 is 10.1 Å². The van der Waals surface area contributed by atoms with Crippen molar-refractivity contribution in [3.05, 3.63) is 18.2 Å². The lowest BCUT2D eigenvalue weighted by atomic mass is 10.2. The van der Waals surface area contributed by atoms with Crippen LogP contribution in [0.4, 0.5) is 0 Å². The Balaban J connectivity index is 2.29. The molecule has 0 atom stereocenters. The molecule has 0 aromatic carbocycles. The maximum absolute atomic E-state index is 8.95. The van der Waals surface area contributed by atoms with Crippen molar-refractivity contribution in [2.24, 2.45) is 0 Å². The van der Waals surface area contributed by atoms with E-state index in [4.69, 9.17) is 5.11 Å². The molecule has 4 nitrogen and oxygen atoms in total. The van der Waals surface area contributed by atoms with Gasteiger partial charge in [0, 0.05) is 25.0 Å². The number of aliphatic hydroxyl groups is 1. The fourth-order valence-electron chi connectivity index (χ4n) is 1.61. The largest absolute Gasteiger partial charge is 0.395 e. The average molecular weight is 211 g/mol. The van der Waals surface area contributed by atoms with Gasteiger partial charge in [0.05, 0.1) is 12.9 Å². The second kappa shape index (κ2) is 7.43. The number of nitrogens with zero attached hydrogens (tertiary/aromatic N) is 2. The van der Waals surface area contributed by atoms with E-state index in [0.29, 0.717) is 0 Å². The Kier molecular flexibility index (Phi) is 6.04. The molecule has 0 aliphatic heterocycles. The first-order valence-corrected chi connectivity index (χ1v) is 5.67. The Morgan fingerprint density at radius 2 is 2.27 bits per heavy atom. The zero-order valence-electron chi connectivity index (χ0n) is 9.45. The van der Waals surface area contributed by atoms with Crippen LogP contribution in [-0.4, -0.2) is 39.7 Å². The molecular formula is C11H21N3O. The fourth-order valence-corrected chi connectivity index (χ4v) is 1.61. The molecule has 0 saturated carbocycles. The van der Waals surface area contributed by atoms with Crippen LogP contribution in [0.25, 0.3) is 0 Å². The second-order valence-corrected chi connectivity index (χ2v) is 3.78. The topological polar surface area (TPSA) is 52.1 Å². The summed E-state index contributed by atoms with van der Waals surface area (Å²) in [5.41, 5.74) is 1.11. The molecule has 0 amide bonds. The molecule has 0 spiro atoms.